The highest BCUT2D eigenvalue weighted by molar-refractivity contribution is 5.77. The molecule has 2 rings (SSSR count). The number of methoxy groups -OCH3 is 1. The van der Waals surface area contributed by atoms with Crippen molar-refractivity contribution >= 4 is 11.0 Å². The molecule has 0 spiro atoms. The zero-order valence-corrected chi connectivity index (χ0v) is 11.5. The monoisotopic (exact) mass is 247 g/mol. The topological polar surface area (TPSA) is 53.1 Å². The molecule has 0 aliphatic rings. The number of aromatic nitrogens is 2. The summed E-state index contributed by atoms with van der Waals surface area (Å²) < 4.78 is 7.74. The zero-order chi connectivity index (χ0) is 13.3. The lowest BCUT2D eigenvalue weighted by molar-refractivity contribution is 0.00907. The first-order chi connectivity index (χ1) is 8.53. The Morgan fingerprint density at radius 1 is 1.39 bits per heavy atom. The van der Waals surface area contributed by atoms with Crippen molar-refractivity contribution in [1.82, 2.24) is 9.55 Å². The minimum atomic E-state index is -0.391. The van der Waals surface area contributed by atoms with E-state index in [4.69, 9.17) is 15.5 Å². The minimum Gasteiger partial charge on any atom is -0.371 e. The van der Waals surface area contributed by atoms with Gasteiger partial charge in [-0.1, -0.05) is 6.07 Å². The Bertz CT molecular complexity index is 557. The van der Waals surface area contributed by atoms with Crippen molar-refractivity contribution in [2.75, 3.05) is 7.11 Å². The van der Waals surface area contributed by atoms with Crippen molar-refractivity contribution in [3.05, 3.63) is 29.6 Å². The molecule has 98 valence electrons. The summed E-state index contributed by atoms with van der Waals surface area (Å²) in [5.74, 6) is 0.955. The van der Waals surface area contributed by atoms with Crippen LogP contribution >= 0.6 is 0 Å². The number of benzene rings is 1. The molecule has 0 atom stereocenters. The van der Waals surface area contributed by atoms with Crippen LogP contribution in [0.1, 0.15) is 32.2 Å². The first kappa shape index (κ1) is 13.1. The van der Waals surface area contributed by atoms with Crippen LogP contribution in [0.3, 0.4) is 0 Å². The molecule has 0 radical (unpaired) electrons. The predicted molar refractivity (Wildman–Crippen MR) is 73.3 cm³/mol. The maximum absolute atomic E-state index is 5.67. The van der Waals surface area contributed by atoms with E-state index < -0.39 is 5.60 Å². The highest BCUT2D eigenvalue weighted by atomic mass is 16.5. The number of fused-ring (bicyclic) bond motifs is 1. The van der Waals surface area contributed by atoms with E-state index in [2.05, 4.69) is 29.7 Å². The van der Waals surface area contributed by atoms with Gasteiger partial charge in [-0.25, -0.2) is 4.98 Å². The molecule has 1 aromatic carbocycles. The van der Waals surface area contributed by atoms with E-state index in [1.54, 1.807) is 7.11 Å². The lowest BCUT2D eigenvalue weighted by Gasteiger charge is -2.23. The number of rotatable bonds is 4. The molecule has 1 heterocycles. The number of nitrogens with two attached hydrogens (primary N) is 1. The Hall–Kier alpha value is -1.39. The van der Waals surface area contributed by atoms with Crippen LogP contribution in [0.4, 0.5) is 0 Å². The molecular formula is C14H21N3O. The largest absolute Gasteiger partial charge is 0.371 e. The van der Waals surface area contributed by atoms with E-state index in [-0.39, 0.29) is 0 Å². The highest BCUT2D eigenvalue weighted by Crippen LogP contribution is 2.27. The average Bonchev–Trinajstić information content (AvgIpc) is 2.76. The normalized spacial score (nSPS) is 12.3. The van der Waals surface area contributed by atoms with Gasteiger partial charge < -0.3 is 15.0 Å². The number of aryl methyl sites for hydroxylation is 1. The highest BCUT2D eigenvalue weighted by Gasteiger charge is 2.26. The van der Waals surface area contributed by atoms with E-state index in [9.17, 15) is 0 Å². The summed E-state index contributed by atoms with van der Waals surface area (Å²) in [5, 5.41) is 0. The lowest BCUT2D eigenvalue weighted by Crippen LogP contribution is -2.24. The van der Waals surface area contributed by atoms with Gasteiger partial charge in [0.25, 0.3) is 0 Å². The third kappa shape index (κ3) is 2.02. The second kappa shape index (κ2) is 4.71. The predicted octanol–water partition coefficient (Wildman–Crippen LogP) is 2.40. The zero-order valence-electron chi connectivity index (χ0n) is 11.5. The van der Waals surface area contributed by atoms with Crippen LogP contribution < -0.4 is 5.73 Å². The fourth-order valence-electron chi connectivity index (χ4n) is 2.17. The number of ether oxygens (including phenoxy) is 1. The molecule has 18 heavy (non-hydrogen) atoms. The summed E-state index contributed by atoms with van der Waals surface area (Å²) in [4.78, 5) is 4.72. The van der Waals surface area contributed by atoms with Gasteiger partial charge >= 0.3 is 0 Å². The van der Waals surface area contributed by atoms with Crippen LogP contribution in [0.15, 0.2) is 18.2 Å². The van der Waals surface area contributed by atoms with Gasteiger partial charge in [0.1, 0.15) is 11.4 Å². The molecular weight excluding hydrogens is 226 g/mol. The van der Waals surface area contributed by atoms with Crippen molar-refractivity contribution in [2.45, 2.75) is 39.5 Å². The smallest absolute Gasteiger partial charge is 0.141 e. The van der Waals surface area contributed by atoms with E-state index in [1.807, 2.05) is 13.8 Å². The molecule has 0 saturated carbocycles. The Morgan fingerprint density at radius 3 is 2.67 bits per heavy atom. The second-order valence-corrected chi connectivity index (χ2v) is 4.92. The Labute approximate surface area is 108 Å². The summed E-state index contributed by atoms with van der Waals surface area (Å²) in [6.45, 7) is 7.60. The van der Waals surface area contributed by atoms with E-state index in [0.717, 1.165) is 29.0 Å². The maximum Gasteiger partial charge on any atom is 0.141 e. The maximum atomic E-state index is 5.67. The molecule has 4 heteroatoms. The fourth-order valence-corrected chi connectivity index (χ4v) is 2.17. The van der Waals surface area contributed by atoms with Gasteiger partial charge in [-0.2, -0.15) is 0 Å². The summed E-state index contributed by atoms with van der Waals surface area (Å²) in [6, 6.07) is 6.19. The number of hydrogen-bond acceptors (Lipinski definition) is 3. The van der Waals surface area contributed by atoms with Crippen molar-refractivity contribution in [3.63, 3.8) is 0 Å². The van der Waals surface area contributed by atoms with Gasteiger partial charge in [0.2, 0.25) is 0 Å². The molecule has 0 aliphatic heterocycles. The van der Waals surface area contributed by atoms with Crippen molar-refractivity contribution in [3.8, 4) is 0 Å². The minimum absolute atomic E-state index is 0.391. The number of imidazole rings is 1. The molecule has 0 bridgehead atoms. The Kier molecular flexibility index (Phi) is 3.41. The first-order valence-corrected chi connectivity index (χ1v) is 6.28. The van der Waals surface area contributed by atoms with Gasteiger partial charge in [-0.3, -0.25) is 0 Å². The standard InChI is InChI=1S/C14H21N3O/c1-5-17-12-7-6-10(9-15)8-11(12)16-13(17)14(2,3)18-4/h6-8H,5,9,15H2,1-4H3. The molecule has 0 amide bonds. The number of hydrogen-bond donors (Lipinski definition) is 1. The molecule has 0 aliphatic carbocycles. The molecule has 0 fully saturated rings. The van der Waals surface area contributed by atoms with Crippen molar-refractivity contribution < 1.29 is 4.74 Å². The summed E-state index contributed by atoms with van der Waals surface area (Å²) in [7, 11) is 1.71. The molecule has 1 aromatic heterocycles. The fraction of sp³-hybridized carbons (Fsp3) is 0.500. The van der Waals surface area contributed by atoms with Crippen LogP contribution in [0.5, 0.6) is 0 Å². The first-order valence-electron chi connectivity index (χ1n) is 6.28. The van der Waals surface area contributed by atoms with Crippen LogP contribution in [-0.2, 0) is 23.4 Å². The van der Waals surface area contributed by atoms with Crippen molar-refractivity contribution in [1.29, 1.82) is 0 Å². The van der Waals surface area contributed by atoms with Gasteiger partial charge in [0, 0.05) is 20.2 Å². The van der Waals surface area contributed by atoms with Crippen LogP contribution in [0.25, 0.3) is 11.0 Å². The SMILES string of the molecule is CCn1c(C(C)(C)OC)nc2cc(CN)ccc21. The molecule has 4 nitrogen and oxygen atoms in total. The Morgan fingerprint density at radius 2 is 2.11 bits per heavy atom. The van der Waals surface area contributed by atoms with E-state index in [0.29, 0.717) is 6.54 Å². The number of nitrogens with zero attached hydrogens (tertiary/aromatic N) is 2. The summed E-state index contributed by atoms with van der Waals surface area (Å²) in [5.41, 5.74) is 8.50. The lowest BCUT2D eigenvalue weighted by atomic mass is 10.1. The van der Waals surface area contributed by atoms with E-state index >= 15 is 0 Å². The van der Waals surface area contributed by atoms with Gasteiger partial charge in [-0.15, -0.1) is 0 Å². The third-order valence-electron chi connectivity index (χ3n) is 3.41. The second-order valence-electron chi connectivity index (χ2n) is 4.92. The molecule has 0 saturated heterocycles. The van der Waals surface area contributed by atoms with Crippen LogP contribution in [0, 0.1) is 0 Å². The average molecular weight is 247 g/mol. The quantitative estimate of drug-likeness (QED) is 0.902. The summed E-state index contributed by atoms with van der Waals surface area (Å²) in [6.07, 6.45) is 0. The van der Waals surface area contributed by atoms with Gasteiger partial charge in [0.15, 0.2) is 0 Å². The van der Waals surface area contributed by atoms with Crippen molar-refractivity contribution in [2.24, 2.45) is 5.73 Å². The Balaban J connectivity index is 2.67. The third-order valence-corrected chi connectivity index (χ3v) is 3.41. The van der Waals surface area contributed by atoms with E-state index in [1.165, 1.54) is 0 Å². The van der Waals surface area contributed by atoms with Crippen LogP contribution in [0.2, 0.25) is 0 Å². The molecule has 2 N–H and O–H groups in total. The van der Waals surface area contributed by atoms with Crippen LogP contribution in [-0.4, -0.2) is 16.7 Å². The molecule has 0 unspecified atom stereocenters. The molecule has 2 aromatic rings. The summed E-state index contributed by atoms with van der Waals surface area (Å²) >= 11 is 0. The van der Waals surface area contributed by atoms with Gasteiger partial charge in [0.05, 0.1) is 11.0 Å². The van der Waals surface area contributed by atoms with Gasteiger partial charge in [-0.05, 0) is 38.5 Å².